The third kappa shape index (κ3) is 1.76. The molecule has 0 bridgehead atoms. The van der Waals surface area contributed by atoms with Crippen LogP contribution in [0, 0.1) is 0 Å². The highest BCUT2D eigenvalue weighted by Gasteiger charge is 2.37. The zero-order chi connectivity index (χ0) is 10.0. The van der Waals surface area contributed by atoms with Crippen LogP contribution in [0.1, 0.15) is 37.4 Å². The summed E-state index contributed by atoms with van der Waals surface area (Å²) in [5.74, 6) is 0.551. The van der Waals surface area contributed by atoms with Crippen LogP contribution in [-0.4, -0.2) is 20.8 Å². The molecular weight excluding hydrogens is 178 g/mol. The van der Waals surface area contributed by atoms with Gasteiger partial charge in [0.15, 0.2) is 0 Å². The summed E-state index contributed by atoms with van der Waals surface area (Å²) < 4.78 is 0. The number of rotatable bonds is 1. The lowest BCUT2D eigenvalue weighted by Gasteiger charge is -2.35. The number of aromatic nitrogens is 2. The van der Waals surface area contributed by atoms with E-state index in [-0.39, 0.29) is 5.92 Å². The molecule has 76 valence electrons. The molecule has 1 aliphatic rings. The third-order valence-electron chi connectivity index (χ3n) is 2.82. The average molecular weight is 193 g/mol. The van der Waals surface area contributed by atoms with Crippen LogP contribution in [0.25, 0.3) is 0 Å². The first-order valence-electron chi connectivity index (χ1n) is 4.98. The number of hydrogen-bond acceptors (Lipinski definition) is 4. The quantitative estimate of drug-likeness (QED) is 0.646. The molecule has 2 rings (SSSR count). The molecule has 1 aliphatic carbocycles. The summed E-state index contributed by atoms with van der Waals surface area (Å²) in [6.45, 7) is 0. The Morgan fingerprint density at radius 1 is 1.36 bits per heavy atom. The predicted octanol–water partition coefficient (Wildman–Crippen LogP) is 0.781. The third-order valence-corrected chi connectivity index (χ3v) is 2.82. The second kappa shape index (κ2) is 3.63. The summed E-state index contributed by atoms with van der Waals surface area (Å²) in [6.07, 6.45) is 6.95. The molecule has 1 fully saturated rings. The maximum Gasteiger partial charge on any atom is 0.135 e. The van der Waals surface area contributed by atoms with Gasteiger partial charge in [-0.1, -0.05) is 6.42 Å². The molecule has 0 spiro atoms. The van der Waals surface area contributed by atoms with E-state index in [1.54, 1.807) is 18.5 Å². The van der Waals surface area contributed by atoms with Gasteiger partial charge < -0.3 is 10.8 Å². The van der Waals surface area contributed by atoms with Gasteiger partial charge in [-0.25, -0.2) is 9.97 Å². The summed E-state index contributed by atoms with van der Waals surface area (Å²) >= 11 is 0. The van der Waals surface area contributed by atoms with Crippen molar-refractivity contribution in [2.45, 2.75) is 37.3 Å². The number of nitrogens with two attached hydrogens (primary N) is 1. The maximum atomic E-state index is 9.99. The SMILES string of the molecule is NC1(O)CCCCC1c1ncccn1. The van der Waals surface area contributed by atoms with Gasteiger partial charge in [-0.2, -0.15) is 0 Å². The van der Waals surface area contributed by atoms with Crippen LogP contribution in [0.2, 0.25) is 0 Å². The second-order valence-corrected chi connectivity index (χ2v) is 3.90. The lowest BCUT2D eigenvalue weighted by molar-refractivity contribution is -0.0138. The number of aliphatic hydroxyl groups is 1. The van der Waals surface area contributed by atoms with Crippen molar-refractivity contribution >= 4 is 0 Å². The van der Waals surface area contributed by atoms with E-state index < -0.39 is 5.72 Å². The summed E-state index contributed by atoms with van der Waals surface area (Å²) in [4.78, 5) is 8.29. The van der Waals surface area contributed by atoms with E-state index in [4.69, 9.17) is 5.73 Å². The molecular formula is C10H15N3O. The minimum atomic E-state index is -1.13. The molecule has 0 aromatic carbocycles. The van der Waals surface area contributed by atoms with Gasteiger partial charge in [0.25, 0.3) is 0 Å². The van der Waals surface area contributed by atoms with Gasteiger partial charge in [-0.05, 0) is 25.3 Å². The van der Waals surface area contributed by atoms with Crippen molar-refractivity contribution in [2.24, 2.45) is 5.73 Å². The molecule has 1 heterocycles. The van der Waals surface area contributed by atoms with E-state index in [0.717, 1.165) is 19.3 Å². The fraction of sp³-hybridized carbons (Fsp3) is 0.600. The van der Waals surface area contributed by atoms with Gasteiger partial charge in [0.05, 0.1) is 5.92 Å². The summed E-state index contributed by atoms with van der Waals surface area (Å²) in [5, 5.41) is 9.99. The Hall–Kier alpha value is -1.00. The van der Waals surface area contributed by atoms with Gasteiger partial charge in [0.1, 0.15) is 11.5 Å². The molecule has 1 aromatic rings. The van der Waals surface area contributed by atoms with Gasteiger partial charge in [0.2, 0.25) is 0 Å². The van der Waals surface area contributed by atoms with Crippen LogP contribution in [0.15, 0.2) is 18.5 Å². The lowest BCUT2D eigenvalue weighted by atomic mass is 9.81. The molecule has 3 N–H and O–H groups in total. The van der Waals surface area contributed by atoms with E-state index in [0.29, 0.717) is 12.2 Å². The summed E-state index contributed by atoms with van der Waals surface area (Å²) in [7, 11) is 0. The zero-order valence-electron chi connectivity index (χ0n) is 8.06. The summed E-state index contributed by atoms with van der Waals surface area (Å²) in [6, 6.07) is 1.77. The molecule has 4 nitrogen and oxygen atoms in total. The van der Waals surface area contributed by atoms with E-state index in [9.17, 15) is 5.11 Å². The normalized spacial score (nSPS) is 32.9. The van der Waals surface area contributed by atoms with E-state index in [1.807, 2.05) is 0 Å². The van der Waals surface area contributed by atoms with Crippen LogP contribution < -0.4 is 5.73 Å². The largest absolute Gasteiger partial charge is 0.375 e. The van der Waals surface area contributed by atoms with Crippen molar-refractivity contribution in [3.63, 3.8) is 0 Å². The number of hydrogen-bond donors (Lipinski definition) is 2. The Kier molecular flexibility index (Phi) is 2.48. The fourth-order valence-corrected chi connectivity index (χ4v) is 2.02. The van der Waals surface area contributed by atoms with E-state index in [1.165, 1.54) is 0 Å². The molecule has 2 unspecified atom stereocenters. The van der Waals surface area contributed by atoms with Crippen molar-refractivity contribution in [2.75, 3.05) is 0 Å². The van der Waals surface area contributed by atoms with Gasteiger partial charge >= 0.3 is 0 Å². The van der Waals surface area contributed by atoms with Crippen molar-refractivity contribution in [1.29, 1.82) is 0 Å². The Morgan fingerprint density at radius 3 is 2.71 bits per heavy atom. The second-order valence-electron chi connectivity index (χ2n) is 3.90. The van der Waals surface area contributed by atoms with Crippen LogP contribution in [0.4, 0.5) is 0 Å². The Morgan fingerprint density at radius 2 is 2.07 bits per heavy atom. The first kappa shape index (κ1) is 9.55. The smallest absolute Gasteiger partial charge is 0.135 e. The summed E-state index contributed by atoms with van der Waals surface area (Å²) in [5.41, 5.74) is 4.70. The maximum absolute atomic E-state index is 9.99. The predicted molar refractivity (Wildman–Crippen MR) is 52.4 cm³/mol. The Balaban J connectivity index is 2.24. The van der Waals surface area contributed by atoms with Crippen molar-refractivity contribution in [1.82, 2.24) is 9.97 Å². The Bertz CT molecular complexity index is 299. The zero-order valence-corrected chi connectivity index (χ0v) is 8.06. The molecule has 14 heavy (non-hydrogen) atoms. The van der Waals surface area contributed by atoms with Gasteiger partial charge in [-0.3, -0.25) is 0 Å². The first-order chi connectivity index (χ1) is 6.70. The minimum Gasteiger partial charge on any atom is -0.375 e. The highest BCUT2D eigenvalue weighted by atomic mass is 16.3. The first-order valence-corrected chi connectivity index (χ1v) is 4.98. The molecule has 0 aliphatic heterocycles. The fourth-order valence-electron chi connectivity index (χ4n) is 2.02. The van der Waals surface area contributed by atoms with Crippen molar-refractivity contribution in [3.8, 4) is 0 Å². The van der Waals surface area contributed by atoms with Crippen LogP contribution in [-0.2, 0) is 0 Å². The van der Waals surface area contributed by atoms with E-state index >= 15 is 0 Å². The molecule has 0 saturated heterocycles. The molecule has 2 atom stereocenters. The molecule has 0 radical (unpaired) electrons. The molecule has 1 saturated carbocycles. The highest BCUT2D eigenvalue weighted by molar-refractivity contribution is 5.06. The monoisotopic (exact) mass is 193 g/mol. The van der Waals surface area contributed by atoms with Gasteiger partial charge in [-0.15, -0.1) is 0 Å². The van der Waals surface area contributed by atoms with Crippen molar-refractivity contribution < 1.29 is 5.11 Å². The topological polar surface area (TPSA) is 72.0 Å². The van der Waals surface area contributed by atoms with Crippen LogP contribution in [0.5, 0.6) is 0 Å². The minimum absolute atomic E-state index is 0.113. The van der Waals surface area contributed by atoms with Crippen molar-refractivity contribution in [3.05, 3.63) is 24.3 Å². The lowest BCUT2D eigenvalue weighted by Crippen LogP contribution is -2.48. The van der Waals surface area contributed by atoms with Gasteiger partial charge in [0, 0.05) is 12.4 Å². The van der Waals surface area contributed by atoms with Crippen LogP contribution >= 0.6 is 0 Å². The van der Waals surface area contributed by atoms with Crippen LogP contribution in [0.3, 0.4) is 0 Å². The standard InChI is InChI=1S/C10H15N3O/c11-10(14)5-2-1-4-8(10)9-12-6-3-7-13-9/h3,6-8,14H,1-2,4-5,11H2. The highest BCUT2D eigenvalue weighted by Crippen LogP contribution is 2.35. The Labute approximate surface area is 83.2 Å². The van der Waals surface area contributed by atoms with E-state index in [2.05, 4.69) is 9.97 Å². The average Bonchev–Trinajstić information content (AvgIpc) is 2.18. The molecule has 4 heteroatoms. The molecule has 1 aromatic heterocycles. The molecule has 0 amide bonds. The number of nitrogens with zero attached hydrogens (tertiary/aromatic N) is 2.